The number of hydrogen-bond acceptors (Lipinski definition) is 3. The fourth-order valence-electron chi connectivity index (χ4n) is 1.85. The van der Waals surface area contributed by atoms with Crippen LogP contribution in [0.4, 0.5) is 0 Å². The van der Waals surface area contributed by atoms with E-state index in [-0.39, 0.29) is 30.0 Å². The van der Waals surface area contributed by atoms with Crippen molar-refractivity contribution in [2.75, 3.05) is 12.0 Å². The summed E-state index contributed by atoms with van der Waals surface area (Å²) in [6.07, 6.45) is 1.08. The molecule has 1 atom stereocenters. The number of nitrogens with one attached hydrogen (secondary N) is 1. The second-order valence-electron chi connectivity index (χ2n) is 5.19. The summed E-state index contributed by atoms with van der Waals surface area (Å²) in [6, 6.07) is 7.10. The molecule has 112 valence electrons. The van der Waals surface area contributed by atoms with Crippen molar-refractivity contribution in [1.82, 2.24) is 5.32 Å². The van der Waals surface area contributed by atoms with Crippen LogP contribution < -0.4 is 5.32 Å². The molecule has 1 aromatic rings. The summed E-state index contributed by atoms with van der Waals surface area (Å²) in [5.41, 5.74) is 0.844. The lowest BCUT2D eigenvalue weighted by atomic mass is 9.96. The molecule has 0 spiro atoms. The lowest BCUT2D eigenvalue weighted by Gasteiger charge is -2.23. The lowest BCUT2D eigenvalue weighted by Crippen LogP contribution is -2.32. The number of halogens is 1. The maximum atomic E-state index is 11.9. The number of carbonyl (C=O) groups is 1. The molecule has 0 aliphatic rings. The van der Waals surface area contributed by atoms with E-state index >= 15 is 0 Å². The third-order valence-electron chi connectivity index (χ3n) is 2.92. The summed E-state index contributed by atoms with van der Waals surface area (Å²) in [5, 5.41) is 3.45. The van der Waals surface area contributed by atoms with Crippen LogP contribution in [0.25, 0.3) is 0 Å². The third kappa shape index (κ3) is 5.51. The third-order valence-corrected chi connectivity index (χ3v) is 4.21. The van der Waals surface area contributed by atoms with Gasteiger partial charge in [0.2, 0.25) is 5.91 Å². The van der Waals surface area contributed by atoms with Crippen LogP contribution in [0.1, 0.15) is 31.9 Å². The number of carbonyl (C=O) groups excluding carboxylic acids is 1. The fraction of sp³-hybridized carbons (Fsp3) is 0.500. The highest BCUT2D eigenvalue weighted by Gasteiger charge is 2.20. The zero-order valence-corrected chi connectivity index (χ0v) is 13.5. The van der Waals surface area contributed by atoms with Gasteiger partial charge in [-0.15, -0.1) is 0 Å². The van der Waals surface area contributed by atoms with Gasteiger partial charge in [0, 0.05) is 17.7 Å². The Kier molecular flexibility index (Phi) is 6.02. The van der Waals surface area contributed by atoms with Crippen molar-refractivity contribution in [3.63, 3.8) is 0 Å². The predicted molar refractivity (Wildman–Crippen MR) is 81.5 cm³/mol. The van der Waals surface area contributed by atoms with Gasteiger partial charge in [0.1, 0.15) is 9.84 Å². The standard InChI is InChI=1S/C14H20ClNO3S/c1-10(2)14(11-6-4-5-7-12(11)15)16-13(17)8-9-20(3,18)19/h4-7,10,14H,8-9H2,1-3H3,(H,16,17)/t14-/m0/s1. The first-order valence-electron chi connectivity index (χ1n) is 6.42. The second-order valence-corrected chi connectivity index (χ2v) is 7.86. The van der Waals surface area contributed by atoms with Crippen molar-refractivity contribution >= 4 is 27.3 Å². The molecule has 1 rings (SSSR count). The molecule has 0 aliphatic carbocycles. The minimum absolute atomic E-state index is 0.0352. The Hall–Kier alpha value is -1.07. The highest BCUT2D eigenvalue weighted by molar-refractivity contribution is 7.90. The summed E-state index contributed by atoms with van der Waals surface area (Å²) >= 11 is 6.15. The maximum absolute atomic E-state index is 11.9. The van der Waals surface area contributed by atoms with Crippen LogP contribution >= 0.6 is 11.6 Å². The van der Waals surface area contributed by atoms with Gasteiger partial charge in [0.25, 0.3) is 0 Å². The summed E-state index contributed by atoms with van der Waals surface area (Å²) < 4.78 is 22.2. The van der Waals surface area contributed by atoms with Crippen LogP contribution in [0.2, 0.25) is 5.02 Å². The maximum Gasteiger partial charge on any atom is 0.221 e. The Morgan fingerprint density at radius 2 is 1.90 bits per heavy atom. The lowest BCUT2D eigenvalue weighted by molar-refractivity contribution is -0.121. The molecule has 0 heterocycles. The molecule has 1 N–H and O–H groups in total. The van der Waals surface area contributed by atoms with Crippen molar-refractivity contribution in [2.45, 2.75) is 26.3 Å². The van der Waals surface area contributed by atoms with Crippen LogP contribution in [0, 0.1) is 5.92 Å². The van der Waals surface area contributed by atoms with Gasteiger partial charge in [-0.05, 0) is 17.5 Å². The molecular weight excluding hydrogens is 298 g/mol. The second kappa shape index (κ2) is 7.09. The van der Waals surface area contributed by atoms with E-state index in [2.05, 4.69) is 5.32 Å². The molecular formula is C14H20ClNO3S. The van der Waals surface area contributed by atoms with Crippen molar-refractivity contribution in [1.29, 1.82) is 0 Å². The molecule has 0 unspecified atom stereocenters. The van der Waals surface area contributed by atoms with E-state index in [0.717, 1.165) is 11.8 Å². The normalized spacial score (nSPS) is 13.2. The van der Waals surface area contributed by atoms with Crippen LogP contribution in [-0.4, -0.2) is 26.3 Å². The Balaban J connectivity index is 2.79. The zero-order valence-electron chi connectivity index (χ0n) is 11.9. The molecule has 0 aliphatic heterocycles. The van der Waals surface area contributed by atoms with E-state index in [1.54, 1.807) is 6.07 Å². The first-order valence-corrected chi connectivity index (χ1v) is 8.86. The molecule has 0 aromatic heterocycles. The largest absolute Gasteiger partial charge is 0.349 e. The Labute approximate surface area is 125 Å². The van der Waals surface area contributed by atoms with E-state index in [0.29, 0.717) is 5.02 Å². The Morgan fingerprint density at radius 1 is 1.30 bits per heavy atom. The number of hydrogen-bond donors (Lipinski definition) is 1. The molecule has 4 nitrogen and oxygen atoms in total. The average Bonchev–Trinajstić information content (AvgIpc) is 2.33. The summed E-state index contributed by atoms with van der Waals surface area (Å²) in [4.78, 5) is 11.9. The Morgan fingerprint density at radius 3 is 2.40 bits per heavy atom. The molecule has 20 heavy (non-hydrogen) atoms. The first-order chi connectivity index (χ1) is 9.20. The number of amides is 1. The van der Waals surface area contributed by atoms with Crippen molar-refractivity contribution in [3.8, 4) is 0 Å². The van der Waals surface area contributed by atoms with Gasteiger partial charge in [-0.3, -0.25) is 4.79 Å². The highest BCUT2D eigenvalue weighted by atomic mass is 35.5. The van der Waals surface area contributed by atoms with Crippen LogP contribution in [-0.2, 0) is 14.6 Å². The topological polar surface area (TPSA) is 63.2 Å². The predicted octanol–water partition coefficient (Wildman–Crippen LogP) is 2.59. The van der Waals surface area contributed by atoms with Gasteiger partial charge >= 0.3 is 0 Å². The minimum atomic E-state index is -3.13. The van der Waals surface area contributed by atoms with E-state index in [1.165, 1.54) is 0 Å². The Bertz CT molecular complexity index is 570. The van der Waals surface area contributed by atoms with Crippen molar-refractivity contribution < 1.29 is 13.2 Å². The molecule has 0 bridgehead atoms. The highest BCUT2D eigenvalue weighted by Crippen LogP contribution is 2.28. The summed E-state index contributed by atoms with van der Waals surface area (Å²) in [5.74, 6) is -0.280. The van der Waals surface area contributed by atoms with Gasteiger partial charge in [-0.25, -0.2) is 8.42 Å². The smallest absolute Gasteiger partial charge is 0.221 e. The zero-order chi connectivity index (χ0) is 15.3. The molecule has 0 saturated heterocycles. The molecule has 0 fully saturated rings. The summed E-state index contributed by atoms with van der Waals surface area (Å²) in [7, 11) is -3.13. The quantitative estimate of drug-likeness (QED) is 0.877. The van der Waals surface area contributed by atoms with Gasteiger partial charge < -0.3 is 5.32 Å². The van der Waals surface area contributed by atoms with E-state index in [1.807, 2.05) is 32.0 Å². The molecule has 0 saturated carbocycles. The van der Waals surface area contributed by atoms with Crippen LogP contribution in [0.3, 0.4) is 0 Å². The van der Waals surface area contributed by atoms with Crippen molar-refractivity contribution in [2.24, 2.45) is 5.92 Å². The van der Waals surface area contributed by atoms with Crippen LogP contribution in [0.5, 0.6) is 0 Å². The number of benzene rings is 1. The minimum Gasteiger partial charge on any atom is -0.349 e. The van der Waals surface area contributed by atoms with Gasteiger partial charge in [0.15, 0.2) is 0 Å². The van der Waals surface area contributed by atoms with Gasteiger partial charge in [-0.2, -0.15) is 0 Å². The van der Waals surface area contributed by atoms with Gasteiger partial charge in [0.05, 0.1) is 11.8 Å². The van der Waals surface area contributed by atoms with Crippen molar-refractivity contribution in [3.05, 3.63) is 34.9 Å². The molecule has 1 aromatic carbocycles. The van der Waals surface area contributed by atoms with Crippen LogP contribution in [0.15, 0.2) is 24.3 Å². The molecule has 0 radical (unpaired) electrons. The SMILES string of the molecule is CC(C)[C@H](NC(=O)CCS(C)(=O)=O)c1ccccc1Cl. The fourth-order valence-corrected chi connectivity index (χ4v) is 2.66. The van der Waals surface area contributed by atoms with E-state index < -0.39 is 9.84 Å². The van der Waals surface area contributed by atoms with E-state index in [4.69, 9.17) is 11.6 Å². The number of rotatable bonds is 6. The average molecular weight is 318 g/mol. The molecule has 6 heteroatoms. The number of sulfone groups is 1. The van der Waals surface area contributed by atoms with E-state index in [9.17, 15) is 13.2 Å². The molecule has 1 amide bonds. The first kappa shape index (κ1) is 17.0. The van der Waals surface area contributed by atoms with Gasteiger partial charge in [-0.1, -0.05) is 43.6 Å². The monoisotopic (exact) mass is 317 g/mol. The summed E-state index contributed by atoms with van der Waals surface area (Å²) in [6.45, 7) is 3.95.